The Balaban J connectivity index is 0.00000200. The Labute approximate surface area is 129 Å². The molecule has 1 N–H and O–H groups in total. The molecule has 0 radical (unpaired) electrons. The van der Waals surface area contributed by atoms with Gasteiger partial charge in [-0.05, 0) is 59.0 Å². The van der Waals surface area contributed by atoms with Gasteiger partial charge in [-0.3, -0.25) is 9.69 Å². The topological polar surface area (TPSA) is 35.6 Å². The van der Waals surface area contributed by atoms with E-state index in [2.05, 4.69) is 37.9 Å². The van der Waals surface area contributed by atoms with Crippen molar-refractivity contribution in [2.75, 3.05) is 32.7 Å². The first-order chi connectivity index (χ1) is 8.93. The molecular formula is C15H30ClN3O. The Morgan fingerprint density at radius 1 is 1.25 bits per heavy atom. The lowest BCUT2D eigenvalue weighted by atomic mass is 9.87. The molecule has 5 heteroatoms. The van der Waals surface area contributed by atoms with Crippen LogP contribution in [0.4, 0.5) is 0 Å². The van der Waals surface area contributed by atoms with Crippen molar-refractivity contribution in [1.82, 2.24) is 15.1 Å². The molecule has 2 heterocycles. The van der Waals surface area contributed by atoms with Crippen molar-refractivity contribution in [3.8, 4) is 0 Å². The summed E-state index contributed by atoms with van der Waals surface area (Å²) in [7, 11) is 0. The van der Waals surface area contributed by atoms with Gasteiger partial charge in [0, 0.05) is 25.2 Å². The average molecular weight is 304 g/mol. The number of hydrogen-bond acceptors (Lipinski definition) is 3. The molecule has 1 unspecified atom stereocenters. The summed E-state index contributed by atoms with van der Waals surface area (Å²) in [5.74, 6) is 0.285. The number of nitrogens with one attached hydrogen (secondary N) is 1. The summed E-state index contributed by atoms with van der Waals surface area (Å²) < 4.78 is 0. The summed E-state index contributed by atoms with van der Waals surface area (Å²) in [5, 5.41) is 3.47. The quantitative estimate of drug-likeness (QED) is 0.859. The van der Waals surface area contributed by atoms with Gasteiger partial charge in [0.1, 0.15) is 0 Å². The molecule has 2 aliphatic rings. The van der Waals surface area contributed by atoms with Crippen LogP contribution in [-0.2, 0) is 4.79 Å². The second kappa shape index (κ2) is 7.10. The smallest absolute Gasteiger partial charge is 0.237 e. The van der Waals surface area contributed by atoms with Gasteiger partial charge in [-0.15, -0.1) is 12.4 Å². The molecule has 2 saturated heterocycles. The highest BCUT2D eigenvalue weighted by Gasteiger charge is 2.41. The van der Waals surface area contributed by atoms with E-state index in [-0.39, 0.29) is 30.4 Å². The van der Waals surface area contributed by atoms with Crippen molar-refractivity contribution >= 4 is 18.3 Å². The van der Waals surface area contributed by atoms with Crippen LogP contribution in [0.25, 0.3) is 0 Å². The van der Waals surface area contributed by atoms with E-state index in [0.717, 1.165) is 26.2 Å². The average Bonchev–Trinajstić information content (AvgIpc) is 2.89. The van der Waals surface area contributed by atoms with Gasteiger partial charge in [-0.25, -0.2) is 0 Å². The number of carbonyl (C=O) groups excluding carboxylic acids is 1. The standard InChI is InChI=1S/C15H29N3O.ClH/c1-12(2)18(13(3)4)14(19)9-17-8-6-15(11-17)5-7-16-10-15;/h12-13,16H,5-11H2,1-4H3;1H. The molecule has 2 rings (SSSR count). The maximum atomic E-state index is 12.5. The monoisotopic (exact) mass is 303 g/mol. The number of likely N-dealkylation sites (tertiary alicyclic amines) is 1. The normalized spacial score (nSPS) is 26.5. The minimum absolute atomic E-state index is 0. The first-order valence-electron chi connectivity index (χ1n) is 7.68. The van der Waals surface area contributed by atoms with Crippen LogP contribution in [0.5, 0.6) is 0 Å². The summed E-state index contributed by atoms with van der Waals surface area (Å²) in [5.41, 5.74) is 0.459. The van der Waals surface area contributed by atoms with Crippen LogP contribution in [0.1, 0.15) is 40.5 Å². The van der Waals surface area contributed by atoms with Gasteiger partial charge in [0.15, 0.2) is 0 Å². The third-order valence-electron chi connectivity index (χ3n) is 4.61. The maximum Gasteiger partial charge on any atom is 0.237 e. The predicted molar refractivity (Wildman–Crippen MR) is 85.3 cm³/mol. The van der Waals surface area contributed by atoms with Crippen LogP contribution >= 0.6 is 12.4 Å². The van der Waals surface area contributed by atoms with E-state index in [1.54, 1.807) is 0 Å². The SMILES string of the molecule is CC(C)N(C(=O)CN1CCC2(CCNC2)C1)C(C)C.Cl. The molecule has 0 aliphatic carbocycles. The van der Waals surface area contributed by atoms with E-state index in [0.29, 0.717) is 12.0 Å². The summed E-state index contributed by atoms with van der Waals surface area (Å²) in [6.07, 6.45) is 2.52. The fourth-order valence-corrected chi connectivity index (χ4v) is 3.75. The molecule has 0 aromatic carbocycles. The van der Waals surface area contributed by atoms with E-state index in [4.69, 9.17) is 0 Å². The van der Waals surface area contributed by atoms with Crippen molar-refractivity contribution in [1.29, 1.82) is 0 Å². The van der Waals surface area contributed by atoms with Gasteiger partial charge >= 0.3 is 0 Å². The third kappa shape index (κ3) is 3.86. The van der Waals surface area contributed by atoms with Gasteiger partial charge in [-0.2, -0.15) is 0 Å². The number of nitrogens with zero attached hydrogens (tertiary/aromatic N) is 2. The third-order valence-corrected chi connectivity index (χ3v) is 4.61. The van der Waals surface area contributed by atoms with Crippen LogP contribution in [0.15, 0.2) is 0 Å². The van der Waals surface area contributed by atoms with Gasteiger partial charge in [0.25, 0.3) is 0 Å². The Bertz CT molecular complexity index is 319. The zero-order valence-corrected chi connectivity index (χ0v) is 14.1. The second-order valence-electron chi connectivity index (χ2n) is 6.88. The molecule has 20 heavy (non-hydrogen) atoms. The number of halogens is 1. The minimum Gasteiger partial charge on any atom is -0.337 e. The Morgan fingerprint density at radius 2 is 1.90 bits per heavy atom. The van der Waals surface area contributed by atoms with Crippen LogP contribution in [0.3, 0.4) is 0 Å². The van der Waals surface area contributed by atoms with Gasteiger partial charge < -0.3 is 10.2 Å². The van der Waals surface area contributed by atoms with Gasteiger partial charge in [0.05, 0.1) is 6.54 Å². The zero-order valence-electron chi connectivity index (χ0n) is 13.3. The number of amides is 1. The lowest BCUT2D eigenvalue weighted by Crippen LogP contribution is -2.47. The molecule has 2 fully saturated rings. The summed E-state index contributed by atoms with van der Waals surface area (Å²) in [4.78, 5) is 16.8. The Hall–Kier alpha value is -0.320. The number of rotatable bonds is 4. The molecule has 1 atom stereocenters. The lowest BCUT2D eigenvalue weighted by molar-refractivity contribution is -0.135. The van der Waals surface area contributed by atoms with Crippen LogP contribution in [-0.4, -0.2) is 60.5 Å². The van der Waals surface area contributed by atoms with E-state index in [1.165, 1.54) is 12.8 Å². The van der Waals surface area contributed by atoms with E-state index < -0.39 is 0 Å². The summed E-state index contributed by atoms with van der Waals surface area (Å²) in [6.45, 7) is 13.5. The van der Waals surface area contributed by atoms with Crippen LogP contribution in [0.2, 0.25) is 0 Å². The molecule has 118 valence electrons. The van der Waals surface area contributed by atoms with Crippen molar-refractivity contribution in [3.63, 3.8) is 0 Å². The van der Waals surface area contributed by atoms with Gasteiger partial charge in [0.2, 0.25) is 5.91 Å². The molecule has 1 amide bonds. The summed E-state index contributed by atoms with van der Waals surface area (Å²) in [6, 6.07) is 0.578. The summed E-state index contributed by atoms with van der Waals surface area (Å²) >= 11 is 0. The maximum absolute atomic E-state index is 12.5. The van der Waals surface area contributed by atoms with E-state index in [9.17, 15) is 4.79 Å². The van der Waals surface area contributed by atoms with Crippen molar-refractivity contribution < 1.29 is 4.79 Å². The highest BCUT2D eigenvalue weighted by atomic mass is 35.5. The minimum atomic E-state index is 0. The molecule has 1 spiro atoms. The molecule has 0 aromatic rings. The fraction of sp³-hybridized carbons (Fsp3) is 0.933. The van der Waals surface area contributed by atoms with E-state index >= 15 is 0 Å². The Kier molecular flexibility index (Phi) is 6.29. The van der Waals surface area contributed by atoms with Crippen molar-refractivity contribution in [2.45, 2.75) is 52.6 Å². The largest absolute Gasteiger partial charge is 0.337 e. The molecule has 4 nitrogen and oxygen atoms in total. The second-order valence-corrected chi connectivity index (χ2v) is 6.88. The number of carbonyl (C=O) groups is 1. The first kappa shape index (κ1) is 17.7. The predicted octanol–water partition coefficient (Wildman–Crippen LogP) is 1.74. The lowest BCUT2D eigenvalue weighted by Gasteiger charge is -2.32. The molecule has 0 saturated carbocycles. The van der Waals surface area contributed by atoms with E-state index in [1.807, 2.05) is 4.90 Å². The molecule has 0 bridgehead atoms. The molecule has 2 aliphatic heterocycles. The Morgan fingerprint density at radius 3 is 2.40 bits per heavy atom. The first-order valence-corrected chi connectivity index (χ1v) is 7.68. The zero-order chi connectivity index (χ0) is 14.0. The van der Waals surface area contributed by atoms with Crippen molar-refractivity contribution in [3.05, 3.63) is 0 Å². The highest BCUT2D eigenvalue weighted by Crippen LogP contribution is 2.35. The highest BCUT2D eigenvalue weighted by molar-refractivity contribution is 5.85. The van der Waals surface area contributed by atoms with Gasteiger partial charge in [-0.1, -0.05) is 0 Å². The van der Waals surface area contributed by atoms with Crippen molar-refractivity contribution in [2.24, 2.45) is 5.41 Å². The van der Waals surface area contributed by atoms with Crippen LogP contribution < -0.4 is 5.32 Å². The fourth-order valence-electron chi connectivity index (χ4n) is 3.75. The molecular weight excluding hydrogens is 274 g/mol. The van der Waals surface area contributed by atoms with Crippen LogP contribution in [0, 0.1) is 5.41 Å². The molecule has 0 aromatic heterocycles. The number of hydrogen-bond donors (Lipinski definition) is 1.